The van der Waals surface area contributed by atoms with Gasteiger partial charge in [0.1, 0.15) is 6.04 Å². The summed E-state index contributed by atoms with van der Waals surface area (Å²) < 4.78 is 4.94. The van der Waals surface area contributed by atoms with E-state index in [2.05, 4.69) is 5.32 Å². The number of imide groups is 1. The number of thioether (sulfide) groups is 1. The van der Waals surface area contributed by atoms with Gasteiger partial charge in [-0.3, -0.25) is 19.3 Å². The third-order valence-corrected chi connectivity index (χ3v) is 5.34. The summed E-state index contributed by atoms with van der Waals surface area (Å²) in [6, 6.07) is 11.9. The van der Waals surface area contributed by atoms with Crippen LogP contribution in [0.25, 0.3) is 0 Å². The van der Waals surface area contributed by atoms with Gasteiger partial charge in [-0.1, -0.05) is 12.1 Å². The van der Waals surface area contributed by atoms with Crippen molar-refractivity contribution in [2.24, 2.45) is 0 Å². The second kappa shape index (κ2) is 9.58. The van der Waals surface area contributed by atoms with Gasteiger partial charge in [-0.05, 0) is 61.8 Å². The second-order valence-electron chi connectivity index (χ2n) is 6.61. The summed E-state index contributed by atoms with van der Waals surface area (Å²) in [7, 11) is 0. The van der Waals surface area contributed by atoms with E-state index in [9.17, 15) is 19.2 Å². The number of nitrogens with zero attached hydrogens (tertiary/aromatic N) is 1. The van der Waals surface area contributed by atoms with Crippen molar-refractivity contribution in [2.75, 3.05) is 23.9 Å². The van der Waals surface area contributed by atoms with Crippen molar-refractivity contribution in [1.82, 2.24) is 4.90 Å². The Bertz CT molecular complexity index is 939. The van der Waals surface area contributed by atoms with Crippen molar-refractivity contribution < 1.29 is 23.9 Å². The van der Waals surface area contributed by atoms with Gasteiger partial charge in [0, 0.05) is 5.69 Å². The van der Waals surface area contributed by atoms with E-state index in [1.807, 2.05) is 6.26 Å². The molecule has 8 heteroatoms. The summed E-state index contributed by atoms with van der Waals surface area (Å²) in [6.07, 6.45) is 2.23. The summed E-state index contributed by atoms with van der Waals surface area (Å²) in [5, 5.41) is 2.75. The number of hydrogen-bond acceptors (Lipinski definition) is 6. The van der Waals surface area contributed by atoms with E-state index in [1.165, 1.54) is 11.8 Å². The third-order valence-electron chi connectivity index (χ3n) is 4.70. The van der Waals surface area contributed by atoms with E-state index < -0.39 is 29.7 Å². The molecule has 1 atom stereocenters. The molecule has 0 unspecified atom stereocenters. The van der Waals surface area contributed by atoms with Crippen LogP contribution in [0.2, 0.25) is 0 Å². The van der Waals surface area contributed by atoms with Gasteiger partial charge in [0.15, 0.2) is 0 Å². The van der Waals surface area contributed by atoms with Gasteiger partial charge >= 0.3 is 5.97 Å². The summed E-state index contributed by atoms with van der Waals surface area (Å²) in [4.78, 5) is 51.5. The zero-order valence-corrected chi connectivity index (χ0v) is 17.5. The highest BCUT2D eigenvalue weighted by atomic mass is 32.2. The number of ether oxygens (including phenoxy) is 1. The lowest BCUT2D eigenvalue weighted by Crippen LogP contribution is -2.47. The summed E-state index contributed by atoms with van der Waals surface area (Å²) in [6.45, 7) is 2.00. The maximum absolute atomic E-state index is 13.0. The zero-order valence-electron chi connectivity index (χ0n) is 16.7. The quantitative estimate of drug-likeness (QED) is 0.515. The molecule has 2 aromatic rings. The second-order valence-corrected chi connectivity index (χ2v) is 7.60. The van der Waals surface area contributed by atoms with Gasteiger partial charge in [-0.25, -0.2) is 4.79 Å². The molecule has 3 rings (SSSR count). The van der Waals surface area contributed by atoms with Gasteiger partial charge in [0.05, 0.1) is 23.3 Å². The molecule has 0 bridgehead atoms. The first-order chi connectivity index (χ1) is 14.5. The minimum atomic E-state index is -0.936. The van der Waals surface area contributed by atoms with E-state index in [-0.39, 0.29) is 6.61 Å². The number of anilines is 1. The molecule has 3 amide bonds. The van der Waals surface area contributed by atoms with Gasteiger partial charge in [0.25, 0.3) is 11.8 Å². The normalized spacial score (nSPS) is 13.7. The Morgan fingerprint density at radius 2 is 1.63 bits per heavy atom. The minimum Gasteiger partial charge on any atom is -0.462 e. The zero-order chi connectivity index (χ0) is 21.7. The number of hydrogen-bond donors (Lipinski definition) is 1. The lowest BCUT2D eigenvalue weighted by Gasteiger charge is -2.25. The lowest BCUT2D eigenvalue weighted by atomic mass is 10.1. The Labute approximate surface area is 178 Å². The molecular formula is C22H22N2O5S. The lowest BCUT2D eigenvalue weighted by molar-refractivity contribution is -0.120. The fourth-order valence-electron chi connectivity index (χ4n) is 3.23. The number of rotatable bonds is 8. The fourth-order valence-corrected chi connectivity index (χ4v) is 3.69. The first kappa shape index (κ1) is 21.6. The van der Waals surface area contributed by atoms with Crippen molar-refractivity contribution in [2.45, 2.75) is 19.4 Å². The number of benzene rings is 2. The van der Waals surface area contributed by atoms with E-state index in [1.54, 1.807) is 55.5 Å². The Morgan fingerprint density at radius 3 is 2.17 bits per heavy atom. The Balaban J connectivity index is 1.79. The number of carbonyl (C=O) groups excluding carboxylic acids is 4. The highest BCUT2D eigenvalue weighted by molar-refractivity contribution is 7.98. The highest BCUT2D eigenvalue weighted by Crippen LogP contribution is 2.27. The molecule has 0 saturated heterocycles. The van der Waals surface area contributed by atoms with E-state index in [0.29, 0.717) is 34.6 Å². The Morgan fingerprint density at radius 1 is 1.03 bits per heavy atom. The number of carbonyl (C=O) groups is 4. The standard InChI is InChI=1S/C22H22N2O5S/c1-3-29-22(28)14-8-10-15(11-9-14)23-19(25)18(12-13-30-2)24-20(26)16-6-4-5-7-17(16)21(24)27/h4-11,18H,3,12-13H2,1-2H3,(H,23,25)/t18-/m1/s1. The van der Waals surface area contributed by atoms with E-state index >= 15 is 0 Å². The maximum Gasteiger partial charge on any atom is 0.338 e. The maximum atomic E-state index is 13.0. The van der Waals surface area contributed by atoms with Crippen molar-refractivity contribution in [1.29, 1.82) is 0 Å². The van der Waals surface area contributed by atoms with Gasteiger partial charge in [-0.15, -0.1) is 0 Å². The molecule has 1 aliphatic rings. The number of fused-ring (bicyclic) bond motifs is 1. The highest BCUT2D eigenvalue weighted by Gasteiger charge is 2.42. The predicted octanol–water partition coefficient (Wildman–Crippen LogP) is 3.22. The fraction of sp³-hybridized carbons (Fsp3) is 0.273. The minimum absolute atomic E-state index is 0.273. The van der Waals surface area contributed by atoms with Crippen LogP contribution in [-0.2, 0) is 9.53 Å². The van der Waals surface area contributed by atoms with Crippen LogP contribution in [0.3, 0.4) is 0 Å². The summed E-state index contributed by atoms with van der Waals surface area (Å²) in [5.74, 6) is -1.22. The molecule has 0 aromatic heterocycles. The molecule has 156 valence electrons. The monoisotopic (exact) mass is 426 g/mol. The summed E-state index contributed by atoms with van der Waals surface area (Å²) >= 11 is 1.53. The first-order valence-corrected chi connectivity index (χ1v) is 10.9. The van der Waals surface area contributed by atoms with Crippen LogP contribution in [0.15, 0.2) is 48.5 Å². The van der Waals surface area contributed by atoms with E-state index in [4.69, 9.17) is 4.74 Å². The largest absolute Gasteiger partial charge is 0.462 e. The van der Waals surface area contributed by atoms with Crippen LogP contribution < -0.4 is 5.32 Å². The molecule has 0 radical (unpaired) electrons. The molecule has 1 N–H and O–H groups in total. The molecule has 7 nitrogen and oxygen atoms in total. The SMILES string of the molecule is CCOC(=O)c1ccc(NC(=O)[C@@H](CCSC)N2C(=O)c3ccccc3C2=O)cc1. The van der Waals surface area contributed by atoms with Crippen molar-refractivity contribution in [3.63, 3.8) is 0 Å². The molecule has 0 aliphatic carbocycles. The summed E-state index contributed by atoms with van der Waals surface area (Å²) in [5.41, 5.74) is 1.44. The third kappa shape index (κ3) is 4.38. The topological polar surface area (TPSA) is 92.8 Å². The molecule has 2 aromatic carbocycles. The van der Waals surface area contributed by atoms with Gasteiger partial charge < -0.3 is 10.1 Å². The Hall–Kier alpha value is -3.13. The van der Waals surface area contributed by atoms with Crippen LogP contribution >= 0.6 is 11.8 Å². The van der Waals surface area contributed by atoms with Crippen LogP contribution in [0.1, 0.15) is 44.4 Å². The average Bonchev–Trinajstić information content (AvgIpc) is 3.00. The van der Waals surface area contributed by atoms with Gasteiger partial charge in [0.2, 0.25) is 5.91 Å². The molecular weight excluding hydrogens is 404 g/mol. The van der Waals surface area contributed by atoms with Crippen molar-refractivity contribution in [3.8, 4) is 0 Å². The van der Waals surface area contributed by atoms with Gasteiger partial charge in [-0.2, -0.15) is 11.8 Å². The number of esters is 1. The smallest absolute Gasteiger partial charge is 0.338 e. The first-order valence-electron chi connectivity index (χ1n) is 9.51. The number of nitrogens with one attached hydrogen (secondary N) is 1. The van der Waals surface area contributed by atoms with E-state index in [0.717, 1.165) is 4.90 Å². The van der Waals surface area contributed by atoms with Crippen molar-refractivity contribution >= 4 is 41.1 Å². The van der Waals surface area contributed by atoms with Crippen molar-refractivity contribution in [3.05, 3.63) is 65.2 Å². The predicted molar refractivity (Wildman–Crippen MR) is 115 cm³/mol. The number of amides is 3. The molecule has 0 saturated carbocycles. The molecule has 1 heterocycles. The molecule has 0 fully saturated rings. The van der Waals surface area contributed by atoms with Crippen LogP contribution in [0.5, 0.6) is 0 Å². The van der Waals surface area contributed by atoms with Crippen LogP contribution in [0, 0.1) is 0 Å². The molecule has 0 spiro atoms. The Kier molecular flexibility index (Phi) is 6.89. The average molecular weight is 426 g/mol. The molecule has 30 heavy (non-hydrogen) atoms. The molecule has 1 aliphatic heterocycles. The van der Waals surface area contributed by atoms with Crippen LogP contribution in [-0.4, -0.2) is 53.2 Å². The van der Waals surface area contributed by atoms with Crippen LogP contribution in [0.4, 0.5) is 5.69 Å².